The summed E-state index contributed by atoms with van der Waals surface area (Å²) in [5.41, 5.74) is 0.814. The molecule has 0 atom stereocenters. The molecule has 116 valence electrons. The van der Waals surface area contributed by atoms with Crippen LogP contribution in [0, 0.1) is 6.92 Å². The lowest BCUT2D eigenvalue weighted by Gasteiger charge is -2.23. The number of sulfonamides is 1. The molecule has 1 fully saturated rings. The lowest BCUT2D eigenvalue weighted by atomic mass is 9.95. The van der Waals surface area contributed by atoms with Gasteiger partial charge in [0, 0.05) is 16.6 Å². The predicted molar refractivity (Wildman–Crippen MR) is 81.9 cm³/mol. The van der Waals surface area contributed by atoms with Gasteiger partial charge in [0.25, 0.3) is 5.91 Å². The van der Waals surface area contributed by atoms with E-state index in [1.165, 1.54) is 18.6 Å². The molecule has 1 aliphatic rings. The van der Waals surface area contributed by atoms with E-state index >= 15 is 0 Å². The number of amides is 1. The highest BCUT2D eigenvalue weighted by atomic mass is 35.5. The summed E-state index contributed by atoms with van der Waals surface area (Å²) in [7, 11) is -3.90. The van der Waals surface area contributed by atoms with Crippen molar-refractivity contribution in [3.63, 3.8) is 0 Å². The largest absolute Gasteiger partial charge is 0.349 e. The summed E-state index contributed by atoms with van der Waals surface area (Å²) in [4.78, 5) is 12.2. The standard InChI is InChI=1S/C14H19ClN2O3S/c1-9-12(7-11(8-13(9)15)21(16,19)20)14(18)17-10-5-3-2-4-6-10/h7-8,10H,2-6H2,1H3,(H,17,18)(H2,16,19,20). The fourth-order valence-corrected chi connectivity index (χ4v) is 3.41. The van der Waals surface area contributed by atoms with Gasteiger partial charge in [0.1, 0.15) is 0 Å². The van der Waals surface area contributed by atoms with E-state index in [1.54, 1.807) is 6.92 Å². The Balaban J connectivity index is 2.29. The molecule has 0 radical (unpaired) electrons. The number of carbonyl (C=O) groups excluding carboxylic acids is 1. The third-order valence-electron chi connectivity index (χ3n) is 3.83. The van der Waals surface area contributed by atoms with Crippen molar-refractivity contribution in [3.05, 3.63) is 28.3 Å². The number of nitrogens with one attached hydrogen (secondary N) is 1. The van der Waals surface area contributed by atoms with Gasteiger partial charge in [0.05, 0.1) is 4.90 Å². The molecule has 1 amide bonds. The molecular formula is C14H19ClN2O3S. The summed E-state index contributed by atoms with van der Waals surface area (Å²) in [6.45, 7) is 1.69. The molecule has 0 aromatic heterocycles. The van der Waals surface area contributed by atoms with E-state index in [9.17, 15) is 13.2 Å². The topological polar surface area (TPSA) is 89.3 Å². The SMILES string of the molecule is Cc1c(Cl)cc(S(N)(=O)=O)cc1C(=O)NC1CCCCC1. The Hall–Kier alpha value is -1.11. The fraction of sp³-hybridized carbons (Fsp3) is 0.500. The second kappa shape index (κ2) is 6.34. The number of carbonyl (C=O) groups is 1. The van der Waals surface area contributed by atoms with Crippen LogP contribution in [-0.4, -0.2) is 20.4 Å². The molecule has 2 rings (SSSR count). The number of halogens is 1. The molecular weight excluding hydrogens is 312 g/mol. The van der Waals surface area contributed by atoms with Crippen LogP contribution >= 0.6 is 11.6 Å². The molecule has 1 aliphatic carbocycles. The summed E-state index contributed by atoms with van der Waals surface area (Å²) in [5, 5.41) is 8.28. The van der Waals surface area contributed by atoms with Crippen LogP contribution in [0.25, 0.3) is 0 Å². The van der Waals surface area contributed by atoms with Crippen LogP contribution < -0.4 is 10.5 Å². The molecule has 7 heteroatoms. The number of rotatable bonds is 3. The molecule has 1 aromatic rings. The Morgan fingerprint density at radius 1 is 1.29 bits per heavy atom. The predicted octanol–water partition coefficient (Wildman–Crippen LogP) is 2.36. The molecule has 0 heterocycles. The van der Waals surface area contributed by atoms with Crippen molar-refractivity contribution in [3.8, 4) is 0 Å². The quantitative estimate of drug-likeness (QED) is 0.891. The first-order valence-electron chi connectivity index (χ1n) is 6.93. The third kappa shape index (κ3) is 3.96. The first kappa shape index (κ1) is 16.3. The van der Waals surface area contributed by atoms with Crippen LogP contribution in [0.1, 0.15) is 48.0 Å². The van der Waals surface area contributed by atoms with Crippen molar-refractivity contribution in [2.24, 2.45) is 5.14 Å². The van der Waals surface area contributed by atoms with Crippen molar-refractivity contribution in [1.82, 2.24) is 5.32 Å². The highest BCUT2D eigenvalue weighted by Crippen LogP contribution is 2.25. The number of hydrogen-bond acceptors (Lipinski definition) is 3. The smallest absolute Gasteiger partial charge is 0.251 e. The molecule has 1 aromatic carbocycles. The van der Waals surface area contributed by atoms with Gasteiger partial charge in [-0.05, 0) is 37.5 Å². The van der Waals surface area contributed by atoms with Gasteiger partial charge in [0.2, 0.25) is 10.0 Å². The van der Waals surface area contributed by atoms with Gasteiger partial charge >= 0.3 is 0 Å². The van der Waals surface area contributed by atoms with Crippen molar-refractivity contribution in [2.75, 3.05) is 0 Å². The molecule has 3 N–H and O–H groups in total. The van der Waals surface area contributed by atoms with Crippen LogP contribution in [0.2, 0.25) is 5.02 Å². The maximum atomic E-state index is 12.4. The zero-order valence-electron chi connectivity index (χ0n) is 11.9. The monoisotopic (exact) mass is 330 g/mol. The molecule has 0 bridgehead atoms. The van der Waals surface area contributed by atoms with E-state index in [-0.39, 0.29) is 27.4 Å². The lowest BCUT2D eigenvalue weighted by Crippen LogP contribution is -2.36. The summed E-state index contributed by atoms with van der Waals surface area (Å²) < 4.78 is 22.9. The summed E-state index contributed by atoms with van der Waals surface area (Å²) in [6.07, 6.45) is 5.29. The molecule has 0 unspecified atom stereocenters. The molecule has 0 spiro atoms. The van der Waals surface area contributed by atoms with Crippen LogP contribution in [0.3, 0.4) is 0 Å². The van der Waals surface area contributed by atoms with Gasteiger partial charge < -0.3 is 5.32 Å². The second-order valence-electron chi connectivity index (χ2n) is 5.43. The number of benzene rings is 1. The van der Waals surface area contributed by atoms with E-state index in [0.29, 0.717) is 5.56 Å². The van der Waals surface area contributed by atoms with E-state index < -0.39 is 10.0 Å². The Bertz CT molecular complexity index is 652. The van der Waals surface area contributed by atoms with E-state index in [2.05, 4.69) is 5.32 Å². The minimum atomic E-state index is -3.90. The first-order valence-corrected chi connectivity index (χ1v) is 8.85. The fourth-order valence-electron chi connectivity index (χ4n) is 2.56. The lowest BCUT2D eigenvalue weighted by molar-refractivity contribution is 0.0927. The van der Waals surface area contributed by atoms with Crippen molar-refractivity contribution in [1.29, 1.82) is 0 Å². The van der Waals surface area contributed by atoms with Crippen LogP contribution in [0.5, 0.6) is 0 Å². The van der Waals surface area contributed by atoms with Gasteiger partial charge in [0.15, 0.2) is 0 Å². The Kier molecular flexibility index (Phi) is 4.91. The average molecular weight is 331 g/mol. The normalized spacial score (nSPS) is 16.7. The van der Waals surface area contributed by atoms with Gasteiger partial charge in [-0.1, -0.05) is 30.9 Å². The number of primary sulfonamides is 1. The van der Waals surface area contributed by atoms with Crippen molar-refractivity contribution >= 4 is 27.5 Å². The zero-order valence-corrected chi connectivity index (χ0v) is 13.4. The molecule has 5 nitrogen and oxygen atoms in total. The van der Waals surface area contributed by atoms with E-state index in [0.717, 1.165) is 25.7 Å². The maximum Gasteiger partial charge on any atom is 0.251 e. The molecule has 21 heavy (non-hydrogen) atoms. The average Bonchev–Trinajstić information content (AvgIpc) is 2.41. The summed E-state index contributed by atoms with van der Waals surface area (Å²) >= 11 is 6.01. The van der Waals surface area contributed by atoms with Gasteiger partial charge in [-0.3, -0.25) is 4.79 Å². The molecule has 1 saturated carbocycles. The minimum Gasteiger partial charge on any atom is -0.349 e. The number of hydrogen-bond donors (Lipinski definition) is 2. The highest BCUT2D eigenvalue weighted by Gasteiger charge is 2.21. The van der Waals surface area contributed by atoms with Gasteiger partial charge in [-0.15, -0.1) is 0 Å². The molecule has 0 saturated heterocycles. The van der Waals surface area contributed by atoms with Crippen LogP contribution in [0.4, 0.5) is 0 Å². The van der Waals surface area contributed by atoms with Crippen LogP contribution in [0.15, 0.2) is 17.0 Å². The van der Waals surface area contributed by atoms with Crippen molar-refractivity contribution in [2.45, 2.75) is 50.0 Å². The highest BCUT2D eigenvalue weighted by molar-refractivity contribution is 7.89. The summed E-state index contributed by atoms with van der Waals surface area (Å²) in [5.74, 6) is -0.299. The van der Waals surface area contributed by atoms with E-state index in [4.69, 9.17) is 16.7 Å². The van der Waals surface area contributed by atoms with Crippen LogP contribution in [-0.2, 0) is 10.0 Å². The Morgan fingerprint density at radius 3 is 2.48 bits per heavy atom. The third-order valence-corrected chi connectivity index (χ3v) is 5.12. The minimum absolute atomic E-state index is 0.141. The second-order valence-corrected chi connectivity index (χ2v) is 7.40. The van der Waals surface area contributed by atoms with Gasteiger partial charge in [-0.25, -0.2) is 13.6 Å². The Morgan fingerprint density at radius 2 is 1.90 bits per heavy atom. The van der Waals surface area contributed by atoms with E-state index in [1.807, 2.05) is 0 Å². The number of nitrogens with two attached hydrogens (primary N) is 1. The van der Waals surface area contributed by atoms with Gasteiger partial charge in [-0.2, -0.15) is 0 Å². The Labute approximate surface area is 129 Å². The van der Waals surface area contributed by atoms with Crippen molar-refractivity contribution < 1.29 is 13.2 Å². The summed E-state index contributed by atoms with van der Waals surface area (Å²) in [6, 6.07) is 2.70. The maximum absolute atomic E-state index is 12.4. The molecule has 0 aliphatic heterocycles. The zero-order chi connectivity index (χ0) is 15.6. The first-order chi connectivity index (χ1) is 9.79.